The number of rotatable bonds is 4. The summed E-state index contributed by atoms with van der Waals surface area (Å²) < 4.78 is 19.2. The highest BCUT2D eigenvalue weighted by Crippen LogP contribution is 2.24. The zero-order valence-electron chi connectivity index (χ0n) is 14.4. The third kappa shape index (κ3) is 3.62. The summed E-state index contributed by atoms with van der Waals surface area (Å²) in [6.45, 7) is 1.78. The average Bonchev–Trinajstić information content (AvgIpc) is 3.28. The van der Waals surface area contributed by atoms with E-state index >= 15 is 0 Å². The first kappa shape index (κ1) is 18.2. The van der Waals surface area contributed by atoms with Gasteiger partial charge in [0, 0.05) is 22.1 Å². The van der Waals surface area contributed by atoms with Gasteiger partial charge in [-0.2, -0.15) is 9.36 Å². The van der Waals surface area contributed by atoms with Gasteiger partial charge in [0.2, 0.25) is 5.13 Å². The smallest absolute Gasteiger partial charge is 0.257 e. The van der Waals surface area contributed by atoms with Crippen molar-refractivity contribution in [3.05, 3.63) is 70.6 Å². The number of carbonyl (C=O) groups is 1. The number of anilines is 1. The molecule has 1 amide bonds. The van der Waals surface area contributed by atoms with Crippen LogP contribution in [-0.2, 0) is 0 Å². The van der Waals surface area contributed by atoms with Crippen LogP contribution in [-0.4, -0.2) is 30.3 Å². The summed E-state index contributed by atoms with van der Waals surface area (Å²) in [5, 5.41) is 11.6. The van der Waals surface area contributed by atoms with Gasteiger partial charge in [0.15, 0.2) is 11.5 Å². The third-order valence-electron chi connectivity index (χ3n) is 3.89. The van der Waals surface area contributed by atoms with E-state index in [9.17, 15) is 9.18 Å². The second-order valence-electron chi connectivity index (χ2n) is 5.80. The van der Waals surface area contributed by atoms with E-state index < -0.39 is 0 Å². The fraction of sp³-hybridized carbons (Fsp3) is 0.0556. The minimum absolute atomic E-state index is 0.319. The highest BCUT2D eigenvalue weighted by molar-refractivity contribution is 7.10. The van der Waals surface area contributed by atoms with E-state index in [4.69, 9.17) is 11.6 Å². The maximum absolute atomic E-state index is 13.5. The predicted molar refractivity (Wildman–Crippen MR) is 104 cm³/mol. The summed E-state index contributed by atoms with van der Waals surface area (Å²) in [5.74, 6) is -0.386. The number of hydrogen-bond donors (Lipinski definition) is 1. The maximum atomic E-state index is 13.5. The van der Waals surface area contributed by atoms with Crippen LogP contribution < -0.4 is 5.32 Å². The van der Waals surface area contributed by atoms with Gasteiger partial charge >= 0.3 is 0 Å². The van der Waals surface area contributed by atoms with Gasteiger partial charge in [-0.1, -0.05) is 28.9 Å². The Morgan fingerprint density at radius 1 is 1.21 bits per heavy atom. The van der Waals surface area contributed by atoms with Gasteiger partial charge in [-0.05, 0) is 43.3 Å². The number of hydrogen-bond acceptors (Lipinski definition) is 6. The molecule has 7 nitrogen and oxygen atoms in total. The fourth-order valence-corrected chi connectivity index (χ4v) is 3.31. The molecule has 0 saturated heterocycles. The molecular formula is C18H12ClFN6OS. The van der Waals surface area contributed by atoms with Crippen molar-refractivity contribution in [2.75, 3.05) is 5.32 Å². The highest BCUT2D eigenvalue weighted by atomic mass is 35.5. The molecule has 4 aromatic rings. The van der Waals surface area contributed by atoms with Crippen LogP contribution in [0.15, 0.2) is 48.5 Å². The molecule has 28 heavy (non-hydrogen) atoms. The summed E-state index contributed by atoms with van der Waals surface area (Å²) in [6, 6.07) is 12.6. The molecule has 2 heterocycles. The lowest BCUT2D eigenvalue weighted by Gasteiger charge is -2.02. The van der Waals surface area contributed by atoms with Crippen molar-refractivity contribution in [2.45, 2.75) is 6.92 Å². The van der Waals surface area contributed by atoms with Crippen LogP contribution in [0.4, 0.5) is 9.52 Å². The van der Waals surface area contributed by atoms with Gasteiger partial charge in [0.25, 0.3) is 5.91 Å². The van der Waals surface area contributed by atoms with Crippen LogP contribution in [0.3, 0.4) is 0 Å². The van der Waals surface area contributed by atoms with E-state index in [1.54, 1.807) is 43.3 Å². The van der Waals surface area contributed by atoms with E-state index in [1.165, 1.54) is 16.8 Å². The van der Waals surface area contributed by atoms with Gasteiger partial charge in [-0.25, -0.2) is 9.07 Å². The average molecular weight is 415 g/mol. The normalized spacial score (nSPS) is 10.8. The number of aromatic nitrogens is 5. The number of carbonyl (C=O) groups excluding carboxylic acids is 1. The first-order valence-electron chi connectivity index (χ1n) is 8.10. The van der Waals surface area contributed by atoms with Crippen molar-refractivity contribution in [2.24, 2.45) is 0 Å². The lowest BCUT2D eigenvalue weighted by Crippen LogP contribution is -2.11. The lowest BCUT2D eigenvalue weighted by atomic mass is 10.2. The summed E-state index contributed by atoms with van der Waals surface area (Å²) in [4.78, 5) is 16.6. The monoisotopic (exact) mass is 414 g/mol. The van der Waals surface area contributed by atoms with Crippen LogP contribution in [0.1, 0.15) is 16.1 Å². The van der Waals surface area contributed by atoms with Crippen molar-refractivity contribution in [3.8, 4) is 17.2 Å². The molecule has 0 atom stereocenters. The number of nitrogens with zero attached hydrogens (tertiary/aromatic N) is 5. The lowest BCUT2D eigenvalue weighted by molar-refractivity contribution is 0.102. The zero-order valence-corrected chi connectivity index (χ0v) is 16.0. The van der Waals surface area contributed by atoms with E-state index in [0.717, 1.165) is 11.5 Å². The van der Waals surface area contributed by atoms with Gasteiger partial charge in [0.1, 0.15) is 5.82 Å². The minimum atomic E-state index is -0.369. The third-order valence-corrected chi connectivity index (χ3v) is 4.76. The van der Waals surface area contributed by atoms with Crippen LogP contribution in [0.5, 0.6) is 0 Å². The predicted octanol–water partition coefficient (Wildman–Crippen LogP) is 4.14. The van der Waals surface area contributed by atoms with Crippen molar-refractivity contribution >= 4 is 34.2 Å². The molecule has 0 spiro atoms. The van der Waals surface area contributed by atoms with E-state index in [0.29, 0.717) is 38.6 Å². The quantitative estimate of drug-likeness (QED) is 0.542. The fourth-order valence-electron chi connectivity index (χ4n) is 2.56. The zero-order chi connectivity index (χ0) is 19.7. The summed E-state index contributed by atoms with van der Waals surface area (Å²) in [7, 11) is 0. The molecule has 0 radical (unpaired) electrons. The molecule has 0 fully saturated rings. The Kier molecular flexibility index (Phi) is 4.84. The SMILES string of the molecule is Cc1c(-c2nsc(NC(=O)c3cccc(Cl)c3)n2)nnn1-c1cccc(F)c1. The van der Waals surface area contributed by atoms with Crippen molar-refractivity contribution in [3.63, 3.8) is 0 Å². The summed E-state index contributed by atoms with van der Waals surface area (Å²) in [6.07, 6.45) is 0. The van der Waals surface area contributed by atoms with E-state index in [1.807, 2.05) is 0 Å². The molecular weight excluding hydrogens is 403 g/mol. The molecule has 0 aliphatic heterocycles. The van der Waals surface area contributed by atoms with Crippen molar-refractivity contribution in [1.29, 1.82) is 0 Å². The van der Waals surface area contributed by atoms with Crippen molar-refractivity contribution < 1.29 is 9.18 Å². The molecule has 140 valence electrons. The Hall–Kier alpha value is -3.17. The van der Waals surface area contributed by atoms with Gasteiger partial charge in [-0.15, -0.1) is 5.10 Å². The van der Waals surface area contributed by atoms with E-state index in [2.05, 4.69) is 25.0 Å². The standard InChI is InChI=1S/C18H12ClFN6OS/c1-10-15(23-25-26(10)14-7-3-6-13(20)9-14)16-21-18(28-24-16)22-17(27)11-4-2-5-12(19)8-11/h2-9H,1H3,(H,21,22,24,27). The van der Waals surface area contributed by atoms with Crippen LogP contribution in [0.2, 0.25) is 5.02 Å². The second-order valence-corrected chi connectivity index (χ2v) is 6.99. The van der Waals surface area contributed by atoms with Crippen LogP contribution in [0.25, 0.3) is 17.2 Å². The van der Waals surface area contributed by atoms with Crippen LogP contribution >= 0.6 is 23.1 Å². The Balaban J connectivity index is 1.57. The first-order chi connectivity index (χ1) is 13.5. The van der Waals surface area contributed by atoms with E-state index in [-0.39, 0.29) is 11.7 Å². The summed E-state index contributed by atoms with van der Waals surface area (Å²) >= 11 is 6.93. The molecule has 1 N–H and O–H groups in total. The summed E-state index contributed by atoms with van der Waals surface area (Å²) in [5.41, 5.74) is 2.05. The molecule has 0 aliphatic rings. The Labute approximate surface area is 168 Å². The number of halogens is 2. The number of amides is 1. The topological polar surface area (TPSA) is 85.6 Å². The molecule has 2 aromatic carbocycles. The van der Waals surface area contributed by atoms with Gasteiger partial charge in [-0.3, -0.25) is 10.1 Å². The number of benzene rings is 2. The minimum Gasteiger partial charge on any atom is -0.297 e. The highest BCUT2D eigenvalue weighted by Gasteiger charge is 2.18. The Bertz CT molecular complexity index is 1170. The molecule has 0 unspecified atom stereocenters. The van der Waals surface area contributed by atoms with Crippen molar-refractivity contribution in [1.82, 2.24) is 24.4 Å². The van der Waals surface area contributed by atoms with Crippen LogP contribution in [0, 0.1) is 12.7 Å². The molecule has 0 saturated carbocycles. The first-order valence-corrected chi connectivity index (χ1v) is 9.25. The maximum Gasteiger partial charge on any atom is 0.257 e. The number of nitrogens with one attached hydrogen (secondary N) is 1. The van der Waals surface area contributed by atoms with Gasteiger partial charge < -0.3 is 0 Å². The largest absolute Gasteiger partial charge is 0.297 e. The van der Waals surface area contributed by atoms with Gasteiger partial charge in [0.05, 0.1) is 11.4 Å². The molecule has 0 bridgehead atoms. The molecule has 0 aliphatic carbocycles. The Morgan fingerprint density at radius 3 is 2.82 bits per heavy atom. The Morgan fingerprint density at radius 2 is 2.04 bits per heavy atom. The molecule has 10 heteroatoms. The molecule has 4 rings (SSSR count). The molecule has 2 aromatic heterocycles. The second kappa shape index (κ2) is 7.45.